The van der Waals surface area contributed by atoms with Gasteiger partial charge >= 0.3 is 0 Å². The van der Waals surface area contributed by atoms with Gasteiger partial charge in [0.1, 0.15) is 11.6 Å². The molecule has 0 aliphatic heterocycles. The molecule has 0 spiro atoms. The third-order valence-corrected chi connectivity index (χ3v) is 2.00. The normalized spacial score (nSPS) is 10.4. The molecule has 0 saturated carbocycles. The molecule has 1 heterocycles. The molecule has 1 aromatic carbocycles. The van der Waals surface area contributed by atoms with E-state index < -0.39 is 0 Å². The van der Waals surface area contributed by atoms with Gasteiger partial charge in [0.2, 0.25) is 0 Å². The fraction of sp³-hybridized carbons (Fsp3) is 0.111. The summed E-state index contributed by atoms with van der Waals surface area (Å²) in [4.78, 5) is 6.80. The molecule has 0 aliphatic rings. The number of aromatic nitrogens is 1. The topological polar surface area (TPSA) is 66.5 Å². The highest BCUT2D eigenvalue weighted by Gasteiger charge is 2.04. The molecule has 0 unspecified atom stereocenters. The van der Waals surface area contributed by atoms with Gasteiger partial charge in [-0.25, -0.2) is 10.7 Å². The highest BCUT2D eigenvalue weighted by molar-refractivity contribution is 5.89. The van der Waals surface area contributed by atoms with Gasteiger partial charge in [-0.1, -0.05) is 6.07 Å². The van der Waals surface area contributed by atoms with Crippen molar-refractivity contribution < 1.29 is 15.0 Å². The standard InChI is InChI=1S/C9H10N2O3/c1-13-8-4-2-3-7-6(8)5-9(10-7)11-14-12/h2-5,10-12H,1H3. The first-order chi connectivity index (χ1) is 6.85. The van der Waals surface area contributed by atoms with Gasteiger partial charge in [0.05, 0.1) is 12.6 Å². The molecule has 5 heteroatoms. The van der Waals surface area contributed by atoms with Crippen molar-refractivity contribution in [3.05, 3.63) is 24.3 Å². The van der Waals surface area contributed by atoms with Gasteiger partial charge in [0.25, 0.3) is 0 Å². The van der Waals surface area contributed by atoms with Gasteiger partial charge < -0.3 is 9.72 Å². The van der Waals surface area contributed by atoms with Crippen LogP contribution in [-0.4, -0.2) is 17.4 Å². The number of hydrogen-bond acceptors (Lipinski definition) is 4. The average Bonchev–Trinajstić information content (AvgIpc) is 2.60. The SMILES string of the molecule is COc1cccc2[nH]c(NOO)cc12. The summed E-state index contributed by atoms with van der Waals surface area (Å²) in [7, 11) is 1.61. The van der Waals surface area contributed by atoms with E-state index in [1.807, 2.05) is 18.2 Å². The predicted octanol–water partition coefficient (Wildman–Crippen LogP) is 1.99. The first-order valence-corrected chi connectivity index (χ1v) is 4.07. The molecule has 0 saturated heterocycles. The summed E-state index contributed by atoms with van der Waals surface area (Å²) in [6.07, 6.45) is 0. The van der Waals surface area contributed by atoms with E-state index in [0.717, 1.165) is 16.7 Å². The second kappa shape index (κ2) is 3.57. The summed E-state index contributed by atoms with van der Waals surface area (Å²) in [6.45, 7) is 0. The number of aromatic amines is 1. The van der Waals surface area contributed by atoms with Gasteiger partial charge in [-0.05, 0) is 18.2 Å². The largest absolute Gasteiger partial charge is 0.496 e. The molecule has 0 fully saturated rings. The molecule has 0 radical (unpaired) electrons. The number of H-pyrrole nitrogens is 1. The second-order valence-electron chi connectivity index (χ2n) is 2.80. The number of hydrogen-bond donors (Lipinski definition) is 3. The zero-order valence-corrected chi connectivity index (χ0v) is 7.57. The molecular formula is C9H10N2O3. The monoisotopic (exact) mass is 194 g/mol. The van der Waals surface area contributed by atoms with Crippen molar-refractivity contribution in [1.29, 1.82) is 0 Å². The van der Waals surface area contributed by atoms with Crippen molar-refractivity contribution in [1.82, 2.24) is 4.98 Å². The Bertz CT molecular complexity index is 439. The highest BCUT2D eigenvalue weighted by atomic mass is 17.2. The van der Waals surface area contributed by atoms with Crippen LogP contribution in [0.15, 0.2) is 24.3 Å². The van der Waals surface area contributed by atoms with Gasteiger partial charge in [-0.3, -0.25) is 0 Å². The lowest BCUT2D eigenvalue weighted by Crippen LogP contribution is -1.95. The Labute approximate surface area is 80.1 Å². The maximum Gasteiger partial charge on any atom is 0.131 e. The maximum atomic E-state index is 8.21. The summed E-state index contributed by atoms with van der Waals surface area (Å²) in [5, 5.41) is 9.13. The first kappa shape index (κ1) is 8.86. The Hall–Kier alpha value is -1.72. The van der Waals surface area contributed by atoms with Crippen LogP contribution < -0.4 is 10.2 Å². The minimum Gasteiger partial charge on any atom is -0.496 e. The Kier molecular flexibility index (Phi) is 2.26. The van der Waals surface area contributed by atoms with Crippen LogP contribution in [0.3, 0.4) is 0 Å². The van der Waals surface area contributed by atoms with Crippen LogP contribution in [0.5, 0.6) is 5.75 Å². The summed E-state index contributed by atoms with van der Waals surface area (Å²) < 4.78 is 5.17. The van der Waals surface area contributed by atoms with Crippen molar-refractivity contribution in [3.8, 4) is 5.75 Å². The van der Waals surface area contributed by atoms with Crippen LogP contribution in [-0.2, 0) is 4.99 Å². The maximum absolute atomic E-state index is 8.21. The zero-order valence-electron chi connectivity index (χ0n) is 7.57. The molecule has 0 bridgehead atoms. The van der Waals surface area contributed by atoms with E-state index in [2.05, 4.69) is 15.5 Å². The number of rotatable bonds is 3. The van der Waals surface area contributed by atoms with Gasteiger partial charge in [0.15, 0.2) is 0 Å². The quantitative estimate of drug-likeness (QED) is 0.516. The lowest BCUT2D eigenvalue weighted by atomic mass is 10.2. The van der Waals surface area contributed by atoms with E-state index in [4.69, 9.17) is 9.99 Å². The fourth-order valence-corrected chi connectivity index (χ4v) is 1.41. The number of ether oxygens (including phenoxy) is 1. The molecular weight excluding hydrogens is 184 g/mol. The molecule has 0 amide bonds. The lowest BCUT2D eigenvalue weighted by Gasteiger charge is -1.99. The molecule has 3 N–H and O–H groups in total. The van der Waals surface area contributed by atoms with Crippen molar-refractivity contribution in [2.45, 2.75) is 0 Å². The number of methoxy groups -OCH3 is 1. The average molecular weight is 194 g/mol. The van der Waals surface area contributed by atoms with E-state index in [0.29, 0.717) is 5.82 Å². The van der Waals surface area contributed by atoms with Crippen LogP contribution in [0.2, 0.25) is 0 Å². The number of benzene rings is 1. The van der Waals surface area contributed by atoms with Crippen molar-refractivity contribution in [3.63, 3.8) is 0 Å². The molecule has 5 nitrogen and oxygen atoms in total. The lowest BCUT2D eigenvalue weighted by molar-refractivity contribution is -0.215. The molecule has 2 aromatic rings. The van der Waals surface area contributed by atoms with Crippen LogP contribution in [0.25, 0.3) is 10.9 Å². The summed E-state index contributed by atoms with van der Waals surface area (Å²) in [6, 6.07) is 7.42. The summed E-state index contributed by atoms with van der Waals surface area (Å²) >= 11 is 0. The fourth-order valence-electron chi connectivity index (χ4n) is 1.41. The first-order valence-electron chi connectivity index (χ1n) is 4.07. The van der Waals surface area contributed by atoms with E-state index in [-0.39, 0.29) is 0 Å². The van der Waals surface area contributed by atoms with E-state index >= 15 is 0 Å². The number of nitrogens with one attached hydrogen (secondary N) is 2. The van der Waals surface area contributed by atoms with Gasteiger partial charge in [-0.2, -0.15) is 0 Å². The zero-order chi connectivity index (χ0) is 9.97. The minimum atomic E-state index is 0.562. The second-order valence-corrected chi connectivity index (χ2v) is 2.80. The summed E-state index contributed by atoms with van der Waals surface area (Å²) in [5.41, 5.74) is 3.20. The van der Waals surface area contributed by atoms with Crippen molar-refractivity contribution in [2.24, 2.45) is 0 Å². The molecule has 1 aromatic heterocycles. The van der Waals surface area contributed by atoms with Gasteiger partial charge in [0, 0.05) is 5.39 Å². The smallest absolute Gasteiger partial charge is 0.131 e. The number of anilines is 1. The Morgan fingerprint density at radius 1 is 1.43 bits per heavy atom. The van der Waals surface area contributed by atoms with Crippen LogP contribution in [0.1, 0.15) is 0 Å². The van der Waals surface area contributed by atoms with Crippen LogP contribution in [0.4, 0.5) is 5.82 Å². The van der Waals surface area contributed by atoms with Crippen molar-refractivity contribution >= 4 is 16.7 Å². The molecule has 0 atom stereocenters. The number of fused-ring (bicyclic) bond motifs is 1. The molecule has 2 rings (SSSR count). The van der Waals surface area contributed by atoms with Gasteiger partial charge in [-0.15, -0.1) is 4.99 Å². The summed E-state index contributed by atoms with van der Waals surface area (Å²) in [5.74, 6) is 1.33. The van der Waals surface area contributed by atoms with E-state index in [1.54, 1.807) is 13.2 Å². The Morgan fingerprint density at radius 2 is 2.29 bits per heavy atom. The van der Waals surface area contributed by atoms with E-state index in [1.165, 1.54) is 0 Å². The van der Waals surface area contributed by atoms with Crippen LogP contribution in [0, 0.1) is 0 Å². The highest BCUT2D eigenvalue weighted by Crippen LogP contribution is 2.27. The van der Waals surface area contributed by atoms with E-state index in [9.17, 15) is 0 Å². The third kappa shape index (κ3) is 1.39. The molecule has 14 heavy (non-hydrogen) atoms. The van der Waals surface area contributed by atoms with Crippen LogP contribution >= 0.6 is 0 Å². The third-order valence-electron chi connectivity index (χ3n) is 2.00. The minimum absolute atomic E-state index is 0.562. The molecule has 0 aliphatic carbocycles. The Morgan fingerprint density at radius 3 is 3.00 bits per heavy atom. The molecule has 74 valence electrons. The van der Waals surface area contributed by atoms with Crippen molar-refractivity contribution in [2.75, 3.05) is 12.6 Å². The Balaban J connectivity index is 2.52. The predicted molar refractivity (Wildman–Crippen MR) is 52.2 cm³/mol.